The number of carbonyl (C=O) groups excluding carboxylic acids is 1. The summed E-state index contributed by atoms with van der Waals surface area (Å²) in [5, 5.41) is 11.4. The fourth-order valence-electron chi connectivity index (χ4n) is 5.82. The first kappa shape index (κ1) is 30.5. The number of hydrogen-bond donors (Lipinski definition) is 2. The van der Waals surface area contributed by atoms with Gasteiger partial charge in [-0.15, -0.1) is 12.4 Å². The number of carbonyl (C=O) groups is 1. The highest BCUT2D eigenvalue weighted by atomic mass is 35.5. The van der Waals surface area contributed by atoms with Gasteiger partial charge in [-0.3, -0.25) is 14.8 Å². The molecule has 9 heteroatoms. The smallest absolute Gasteiger partial charge is 0.352 e. The first-order chi connectivity index (χ1) is 17.1. The quantitative estimate of drug-likeness (QED) is 0.428. The third kappa shape index (κ3) is 6.92. The van der Waals surface area contributed by atoms with Gasteiger partial charge < -0.3 is 5.32 Å². The minimum atomic E-state index is -4.43. The van der Waals surface area contributed by atoms with Gasteiger partial charge in [0.2, 0.25) is 5.91 Å². The van der Waals surface area contributed by atoms with E-state index in [0.29, 0.717) is 17.9 Å². The highest BCUT2D eigenvalue weighted by Gasteiger charge is 2.42. The van der Waals surface area contributed by atoms with Gasteiger partial charge in [-0.1, -0.05) is 32.9 Å². The van der Waals surface area contributed by atoms with Crippen LogP contribution in [-0.2, 0) is 16.5 Å². The number of alkyl halides is 3. The maximum Gasteiger partial charge on any atom is 0.416 e. The zero-order valence-corrected chi connectivity index (χ0v) is 24.0. The predicted molar refractivity (Wildman–Crippen MR) is 146 cm³/mol. The van der Waals surface area contributed by atoms with E-state index in [0.717, 1.165) is 37.4 Å². The Hall–Kier alpha value is -2.06. The van der Waals surface area contributed by atoms with Crippen LogP contribution in [0.1, 0.15) is 102 Å². The molecular formula is C29H42ClF3N4O. The van der Waals surface area contributed by atoms with Crippen LogP contribution < -0.4 is 10.6 Å². The van der Waals surface area contributed by atoms with Crippen molar-refractivity contribution in [1.29, 1.82) is 0 Å². The second kappa shape index (κ2) is 11.2. The number of aromatic nitrogens is 2. The Labute approximate surface area is 230 Å². The average molecular weight is 555 g/mol. The molecule has 1 saturated carbocycles. The maximum absolute atomic E-state index is 13.5. The monoisotopic (exact) mass is 554 g/mol. The summed E-state index contributed by atoms with van der Waals surface area (Å²) in [5.41, 5.74) is 0.661. The van der Waals surface area contributed by atoms with Crippen molar-refractivity contribution in [3.05, 3.63) is 53.3 Å². The molecule has 5 nitrogen and oxygen atoms in total. The summed E-state index contributed by atoms with van der Waals surface area (Å²) in [7, 11) is 0. The number of benzene rings is 1. The Morgan fingerprint density at radius 3 is 2.24 bits per heavy atom. The first-order valence-electron chi connectivity index (χ1n) is 13.4. The lowest BCUT2D eigenvalue weighted by atomic mass is 9.71. The molecule has 1 unspecified atom stereocenters. The topological polar surface area (TPSA) is 59.0 Å². The van der Waals surface area contributed by atoms with Crippen LogP contribution in [0, 0.1) is 11.3 Å². The Kier molecular flexibility index (Phi) is 8.99. The molecule has 2 aromatic rings. The predicted octanol–water partition coefficient (Wildman–Crippen LogP) is 6.99. The van der Waals surface area contributed by atoms with Gasteiger partial charge in [0.15, 0.2) is 0 Å². The summed E-state index contributed by atoms with van der Waals surface area (Å²) < 4.78 is 42.3. The van der Waals surface area contributed by atoms with Gasteiger partial charge in [0.25, 0.3) is 0 Å². The lowest BCUT2D eigenvalue weighted by molar-refractivity contribution is -0.137. The molecule has 0 radical (unpaired) electrons. The Morgan fingerprint density at radius 1 is 1.03 bits per heavy atom. The van der Waals surface area contributed by atoms with Crippen molar-refractivity contribution in [3.63, 3.8) is 0 Å². The number of nitrogens with one attached hydrogen (secondary N) is 2. The van der Waals surface area contributed by atoms with Crippen molar-refractivity contribution in [2.24, 2.45) is 11.3 Å². The molecule has 212 valence electrons. The molecule has 2 fully saturated rings. The van der Waals surface area contributed by atoms with Gasteiger partial charge in [-0.05, 0) is 88.0 Å². The van der Waals surface area contributed by atoms with Crippen molar-refractivity contribution < 1.29 is 18.0 Å². The molecule has 1 amide bonds. The van der Waals surface area contributed by atoms with E-state index in [4.69, 9.17) is 5.10 Å². The number of rotatable bonds is 4. The molecule has 1 aliphatic heterocycles. The van der Waals surface area contributed by atoms with Crippen molar-refractivity contribution >= 4 is 18.3 Å². The van der Waals surface area contributed by atoms with Crippen LogP contribution in [0.2, 0.25) is 0 Å². The van der Waals surface area contributed by atoms with Gasteiger partial charge in [-0.25, -0.2) is 0 Å². The third-order valence-corrected chi connectivity index (χ3v) is 8.14. The Morgan fingerprint density at radius 2 is 1.68 bits per heavy atom. The third-order valence-electron chi connectivity index (χ3n) is 8.14. The minimum absolute atomic E-state index is 0. The Balaban J connectivity index is 0.00000400. The van der Waals surface area contributed by atoms with Crippen LogP contribution in [0.25, 0.3) is 0 Å². The molecule has 2 N–H and O–H groups in total. The fourth-order valence-corrected chi connectivity index (χ4v) is 5.82. The lowest BCUT2D eigenvalue weighted by Gasteiger charge is -2.37. The highest BCUT2D eigenvalue weighted by molar-refractivity contribution is 5.85. The van der Waals surface area contributed by atoms with E-state index in [1.807, 2.05) is 37.7 Å². The summed E-state index contributed by atoms with van der Waals surface area (Å²) in [6.45, 7) is 13.0. The largest absolute Gasteiger partial charge is 0.416 e. The van der Waals surface area contributed by atoms with Crippen LogP contribution in [0.4, 0.5) is 13.2 Å². The SMILES string of the molecule is CC(C)(C)C1CCC(NC(=O)[C@@H]2CC(c3ccn(C(C)(C)C)n3)[C@H](c3cccc(C(F)(F)F)c3)N2)CC1.Cl. The number of nitrogens with zero attached hydrogens (tertiary/aromatic N) is 2. The maximum atomic E-state index is 13.5. The van der Waals surface area contributed by atoms with Crippen molar-refractivity contribution in [1.82, 2.24) is 20.4 Å². The summed E-state index contributed by atoms with van der Waals surface area (Å²) >= 11 is 0. The normalized spacial score (nSPS) is 26.6. The molecule has 4 rings (SSSR count). The average Bonchev–Trinajstić information content (AvgIpc) is 3.46. The van der Waals surface area contributed by atoms with Gasteiger partial charge in [0.05, 0.1) is 22.8 Å². The second-order valence-corrected chi connectivity index (χ2v) is 12.9. The van der Waals surface area contributed by atoms with E-state index in [1.54, 1.807) is 6.07 Å². The Bertz CT molecular complexity index is 1090. The molecule has 3 atom stereocenters. The zero-order chi connectivity index (χ0) is 27.2. The number of halogens is 4. The van der Waals surface area contributed by atoms with E-state index >= 15 is 0 Å². The zero-order valence-electron chi connectivity index (χ0n) is 23.2. The summed E-state index contributed by atoms with van der Waals surface area (Å²) in [6, 6.07) is 6.54. The highest BCUT2D eigenvalue weighted by Crippen LogP contribution is 2.42. The molecule has 0 spiro atoms. The van der Waals surface area contributed by atoms with Gasteiger partial charge in [0, 0.05) is 24.2 Å². The van der Waals surface area contributed by atoms with Crippen molar-refractivity contribution in [2.45, 2.75) is 109 Å². The van der Waals surface area contributed by atoms with Crippen molar-refractivity contribution in [2.75, 3.05) is 0 Å². The van der Waals surface area contributed by atoms with Crippen LogP contribution in [0.5, 0.6) is 0 Å². The molecule has 0 bridgehead atoms. The number of hydrogen-bond acceptors (Lipinski definition) is 3. The molecule has 38 heavy (non-hydrogen) atoms. The van der Waals surface area contributed by atoms with E-state index in [-0.39, 0.29) is 41.2 Å². The molecule has 1 aliphatic carbocycles. The van der Waals surface area contributed by atoms with E-state index in [1.165, 1.54) is 12.1 Å². The van der Waals surface area contributed by atoms with Crippen molar-refractivity contribution in [3.8, 4) is 0 Å². The summed E-state index contributed by atoms with van der Waals surface area (Å²) in [4.78, 5) is 13.4. The van der Waals surface area contributed by atoms with Gasteiger partial charge in [-0.2, -0.15) is 18.3 Å². The van der Waals surface area contributed by atoms with Crippen LogP contribution in [0.3, 0.4) is 0 Å². The fraction of sp³-hybridized carbons (Fsp3) is 0.655. The van der Waals surface area contributed by atoms with Crippen LogP contribution in [0.15, 0.2) is 36.5 Å². The van der Waals surface area contributed by atoms with Crippen LogP contribution >= 0.6 is 12.4 Å². The van der Waals surface area contributed by atoms with E-state index < -0.39 is 23.8 Å². The number of amides is 1. The summed E-state index contributed by atoms with van der Waals surface area (Å²) in [5.74, 6) is 0.353. The molecule has 2 aliphatic rings. The van der Waals surface area contributed by atoms with Gasteiger partial charge in [0.1, 0.15) is 0 Å². The summed E-state index contributed by atoms with van der Waals surface area (Å²) in [6.07, 6.45) is 2.04. The first-order valence-corrected chi connectivity index (χ1v) is 13.4. The second-order valence-electron chi connectivity index (χ2n) is 12.9. The molecule has 2 heterocycles. The molecule has 1 aromatic heterocycles. The standard InChI is InChI=1S/C29H41F3N4O.ClH/c1-27(2,3)19-10-12-21(13-11-19)33-26(37)24-17-22(23-14-15-36(35-23)28(4,5)6)25(34-24)18-8-7-9-20(16-18)29(30,31)32;/h7-9,14-16,19,21-22,24-25,34H,10-13,17H2,1-6H3,(H,33,37);1H/t19?,21?,22?,24-,25-;/m0./s1. The van der Waals surface area contributed by atoms with E-state index in [9.17, 15) is 18.0 Å². The molecule has 1 aromatic carbocycles. The van der Waals surface area contributed by atoms with Gasteiger partial charge >= 0.3 is 6.18 Å². The molecular weight excluding hydrogens is 513 g/mol. The van der Waals surface area contributed by atoms with Crippen LogP contribution in [-0.4, -0.2) is 27.8 Å². The minimum Gasteiger partial charge on any atom is -0.352 e. The lowest BCUT2D eigenvalue weighted by Crippen LogP contribution is -2.47. The molecule has 1 saturated heterocycles. The van der Waals surface area contributed by atoms with E-state index in [2.05, 4.69) is 31.4 Å².